The van der Waals surface area contributed by atoms with E-state index in [4.69, 9.17) is 5.11 Å². The van der Waals surface area contributed by atoms with Crippen molar-refractivity contribution in [3.63, 3.8) is 0 Å². The third-order valence-corrected chi connectivity index (χ3v) is 4.07. The smallest absolute Gasteiger partial charge is 0.227 e. The maximum Gasteiger partial charge on any atom is 0.227 e. The Balaban J connectivity index is 1.67. The molecule has 0 atom stereocenters. The minimum atomic E-state index is 0.0369. The third kappa shape index (κ3) is 3.55. The van der Waals surface area contributed by atoms with Gasteiger partial charge in [0.1, 0.15) is 0 Å². The molecule has 1 fully saturated rings. The Morgan fingerprint density at radius 1 is 1.00 bits per heavy atom. The van der Waals surface area contributed by atoms with Crippen LogP contribution in [0.2, 0.25) is 0 Å². The van der Waals surface area contributed by atoms with Gasteiger partial charge in [-0.25, -0.2) is 0 Å². The lowest BCUT2D eigenvalue weighted by atomic mass is 10.0. The van der Waals surface area contributed by atoms with E-state index in [0.29, 0.717) is 19.0 Å². The van der Waals surface area contributed by atoms with Gasteiger partial charge in [-0.15, -0.1) is 0 Å². The number of nitrogens with zero attached hydrogens (tertiary/aromatic N) is 1. The van der Waals surface area contributed by atoms with Crippen LogP contribution in [0.4, 0.5) is 0 Å². The number of hydrogen-bond acceptors (Lipinski definition) is 2. The predicted molar refractivity (Wildman–Crippen MR) is 87.4 cm³/mol. The van der Waals surface area contributed by atoms with Crippen LogP contribution in [-0.2, 0) is 11.2 Å². The minimum absolute atomic E-state index is 0.0369. The van der Waals surface area contributed by atoms with Crippen LogP contribution in [0.15, 0.2) is 54.6 Å². The summed E-state index contributed by atoms with van der Waals surface area (Å²) in [4.78, 5) is 14.2. The average molecular weight is 295 g/mol. The second-order valence-electron chi connectivity index (χ2n) is 5.78. The summed E-state index contributed by atoms with van der Waals surface area (Å²) >= 11 is 0. The number of aliphatic hydroxyl groups is 1. The van der Waals surface area contributed by atoms with Crippen molar-refractivity contribution in [3.8, 4) is 11.1 Å². The first-order valence-electron chi connectivity index (χ1n) is 7.82. The molecule has 1 aliphatic carbocycles. The lowest BCUT2D eigenvalue weighted by molar-refractivity contribution is -0.131. The fourth-order valence-corrected chi connectivity index (χ4v) is 2.73. The molecule has 1 N–H and O–H groups in total. The zero-order chi connectivity index (χ0) is 15.4. The largest absolute Gasteiger partial charge is 0.395 e. The van der Waals surface area contributed by atoms with Gasteiger partial charge in [0.25, 0.3) is 0 Å². The van der Waals surface area contributed by atoms with Crippen molar-refractivity contribution in [1.29, 1.82) is 0 Å². The van der Waals surface area contributed by atoms with E-state index in [0.717, 1.165) is 24.0 Å². The summed E-state index contributed by atoms with van der Waals surface area (Å²) in [5.41, 5.74) is 3.36. The molecular formula is C19H21NO2. The van der Waals surface area contributed by atoms with Crippen LogP contribution >= 0.6 is 0 Å². The summed E-state index contributed by atoms with van der Waals surface area (Å²) in [7, 11) is 0. The fraction of sp³-hybridized carbons (Fsp3) is 0.316. The van der Waals surface area contributed by atoms with E-state index in [2.05, 4.69) is 24.3 Å². The molecule has 0 spiro atoms. The Morgan fingerprint density at radius 3 is 2.23 bits per heavy atom. The van der Waals surface area contributed by atoms with Crippen molar-refractivity contribution in [3.05, 3.63) is 60.2 Å². The van der Waals surface area contributed by atoms with Crippen molar-refractivity contribution < 1.29 is 9.90 Å². The van der Waals surface area contributed by atoms with E-state index in [1.165, 1.54) is 5.56 Å². The fourth-order valence-electron chi connectivity index (χ4n) is 2.73. The highest BCUT2D eigenvalue weighted by Crippen LogP contribution is 2.27. The standard InChI is InChI=1S/C19H21NO2/c21-13-12-20(18-10-11-18)19(22)14-15-6-8-17(9-7-15)16-4-2-1-3-5-16/h1-9,18,21H,10-14H2. The molecular weight excluding hydrogens is 274 g/mol. The van der Waals surface area contributed by atoms with Crippen LogP contribution in [0.3, 0.4) is 0 Å². The number of carbonyl (C=O) groups is 1. The molecule has 1 saturated carbocycles. The first kappa shape index (κ1) is 14.8. The Hall–Kier alpha value is -2.13. The zero-order valence-corrected chi connectivity index (χ0v) is 12.6. The van der Waals surface area contributed by atoms with Crippen LogP contribution in [0.1, 0.15) is 18.4 Å². The average Bonchev–Trinajstić information content (AvgIpc) is 3.39. The molecule has 3 heteroatoms. The van der Waals surface area contributed by atoms with Crippen molar-refractivity contribution in [2.24, 2.45) is 0 Å². The van der Waals surface area contributed by atoms with Gasteiger partial charge in [0, 0.05) is 12.6 Å². The summed E-state index contributed by atoms with van der Waals surface area (Å²) in [6, 6.07) is 18.7. The Kier molecular flexibility index (Phi) is 4.54. The quantitative estimate of drug-likeness (QED) is 0.890. The molecule has 0 bridgehead atoms. The molecule has 1 aliphatic rings. The van der Waals surface area contributed by atoms with Crippen LogP contribution in [0.25, 0.3) is 11.1 Å². The Bertz CT molecular complexity index is 618. The molecule has 2 aromatic rings. The molecule has 0 unspecified atom stereocenters. The first-order valence-corrected chi connectivity index (χ1v) is 7.82. The topological polar surface area (TPSA) is 40.5 Å². The van der Waals surface area contributed by atoms with Gasteiger partial charge in [-0.1, -0.05) is 54.6 Å². The summed E-state index contributed by atoms with van der Waals surface area (Å²) < 4.78 is 0. The molecule has 1 amide bonds. The second-order valence-corrected chi connectivity index (χ2v) is 5.78. The van der Waals surface area contributed by atoms with Crippen LogP contribution < -0.4 is 0 Å². The number of carbonyl (C=O) groups excluding carboxylic acids is 1. The highest BCUT2D eigenvalue weighted by atomic mass is 16.3. The molecule has 2 aromatic carbocycles. The Morgan fingerprint density at radius 2 is 1.64 bits per heavy atom. The maximum atomic E-state index is 12.4. The minimum Gasteiger partial charge on any atom is -0.395 e. The van der Waals surface area contributed by atoms with Gasteiger partial charge in [0.2, 0.25) is 5.91 Å². The zero-order valence-electron chi connectivity index (χ0n) is 12.6. The molecule has 0 radical (unpaired) electrons. The van der Waals surface area contributed by atoms with Gasteiger partial charge in [0.05, 0.1) is 13.0 Å². The van der Waals surface area contributed by atoms with E-state index in [9.17, 15) is 4.79 Å². The van der Waals surface area contributed by atoms with Crippen LogP contribution in [0, 0.1) is 0 Å². The molecule has 0 aromatic heterocycles. The molecule has 0 aliphatic heterocycles. The molecule has 3 nitrogen and oxygen atoms in total. The number of aliphatic hydroxyl groups excluding tert-OH is 1. The number of rotatable bonds is 6. The second kappa shape index (κ2) is 6.75. The molecule has 0 saturated heterocycles. The summed E-state index contributed by atoms with van der Waals surface area (Å²) in [5, 5.41) is 9.10. The predicted octanol–water partition coefficient (Wildman–Crippen LogP) is 2.88. The van der Waals surface area contributed by atoms with Gasteiger partial charge in [-0.3, -0.25) is 4.79 Å². The molecule has 114 valence electrons. The number of hydrogen-bond donors (Lipinski definition) is 1. The first-order chi connectivity index (χ1) is 10.8. The number of amides is 1. The lowest BCUT2D eigenvalue weighted by Crippen LogP contribution is -2.36. The molecule has 0 heterocycles. The van der Waals surface area contributed by atoms with Gasteiger partial charge in [-0.2, -0.15) is 0 Å². The monoisotopic (exact) mass is 295 g/mol. The molecule has 3 rings (SSSR count). The van der Waals surface area contributed by atoms with Crippen LogP contribution in [-0.4, -0.2) is 35.1 Å². The summed E-state index contributed by atoms with van der Waals surface area (Å²) in [6.45, 7) is 0.487. The van der Waals surface area contributed by atoms with Gasteiger partial charge in [0.15, 0.2) is 0 Å². The van der Waals surface area contributed by atoms with E-state index in [1.54, 1.807) is 0 Å². The lowest BCUT2D eigenvalue weighted by Gasteiger charge is -2.21. The number of benzene rings is 2. The molecule has 22 heavy (non-hydrogen) atoms. The Labute approximate surface area is 131 Å². The third-order valence-electron chi connectivity index (χ3n) is 4.07. The van der Waals surface area contributed by atoms with Gasteiger partial charge in [-0.05, 0) is 29.5 Å². The van der Waals surface area contributed by atoms with Crippen LogP contribution in [0.5, 0.6) is 0 Å². The highest BCUT2D eigenvalue weighted by Gasteiger charge is 2.31. The highest BCUT2D eigenvalue weighted by molar-refractivity contribution is 5.79. The van der Waals surface area contributed by atoms with Crippen molar-refractivity contribution in [1.82, 2.24) is 4.90 Å². The van der Waals surface area contributed by atoms with Gasteiger partial charge >= 0.3 is 0 Å². The van der Waals surface area contributed by atoms with Crippen molar-refractivity contribution in [2.75, 3.05) is 13.2 Å². The van der Waals surface area contributed by atoms with Crippen molar-refractivity contribution in [2.45, 2.75) is 25.3 Å². The van der Waals surface area contributed by atoms with E-state index in [-0.39, 0.29) is 12.5 Å². The normalized spacial score (nSPS) is 13.9. The van der Waals surface area contributed by atoms with Gasteiger partial charge < -0.3 is 10.0 Å². The summed E-state index contributed by atoms with van der Waals surface area (Å²) in [6.07, 6.45) is 2.54. The maximum absolute atomic E-state index is 12.4. The van der Waals surface area contributed by atoms with E-state index >= 15 is 0 Å². The summed E-state index contributed by atoms with van der Waals surface area (Å²) in [5.74, 6) is 0.115. The SMILES string of the molecule is O=C(Cc1ccc(-c2ccccc2)cc1)N(CCO)C1CC1. The van der Waals surface area contributed by atoms with E-state index in [1.807, 2.05) is 35.2 Å². The van der Waals surface area contributed by atoms with E-state index < -0.39 is 0 Å². The van der Waals surface area contributed by atoms with Crippen molar-refractivity contribution >= 4 is 5.91 Å².